The number of thiazole rings is 1. The summed E-state index contributed by atoms with van der Waals surface area (Å²) < 4.78 is 10.3. The van der Waals surface area contributed by atoms with Crippen LogP contribution in [0.4, 0.5) is 9.93 Å². The number of β-lactam (4-membered cyclic amide) rings is 1. The highest BCUT2D eigenvalue weighted by molar-refractivity contribution is 7.14. The fourth-order valence-corrected chi connectivity index (χ4v) is 3.50. The number of ketones is 1. The number of ether oxygens (including phenoxy) is 2. The van der Waals surface area contributed by atoms with Crippen molar-refractivity contribution >= 4 is 45.9 Å². The number of Topliss-reactive ketones (excluding diaryl/α,β-unsaturated/α-hetero) is 1. The number of nitrogens with zero attached hydrogens (tertiary/aromatic N) is 2. The Balaban J connectivity index is 2.17. The third kappa shape index (κ3) is 8.37. The molecular formula is C21H31N5O7S. The molecule has 0 unspecified atom stereocenters. The molecule has 2 rings (SSSR count). The maximum Gasteiger partial charge on any atom is 0.413 e. The maximum atomic E-state index is 13.0. The summed E-state index contributed by atoms with van der Waals surface area (Å²) in [7, 11) is 0. The Morgan fingerprint density at radius 2 is 1.82 bits per heavy atom. The van der Waals surface area contributed by atoms with Crippen molar-refractivity contribution in [2.45, 2.75) is 65.2 Å². The largest absolute Gasteiger partial charge is 0.457 e. The van der Waals surface area contributed by atoms with Crippen LogP contribution in [-0.4, -0.2) is 64.8 Å². The highest BCUT2D eigenvalue weighted by Gasteiger charge is 2.40. The van der Waals surface area contributed by atoms with Gasteiger partial charge >= 0.3 is 12.1 Å². The summed E-state index contributed by atoms with van der Waals surface area (Å²) in [6.07, 6.45) is -0.884. The van der Waals surface area contributed by atoms with Crippen molar-refractivity contribution in [1.82, 2.24) is 10.3 Å². The molecule has 1 aromatic rings. The van der Waals surface area contributed by atoms with Crippen LogP contribution < -0.4 is 16.4 Å². The monoisotopic (exact) mass is 497 g/mol. The minimum absolute atomic E-state index is 0.106. The van der Waals surface area contributed by atoms with E-state index in [4.69, 9.17) is 20.0 Å². The van der Waals surface area contributed by atoms with Crippen LogP contribution >= 0.6 is 11.3 Å². The van der Waals surface area contributed by atoms with Crippen molar-refractivity contribution < 1.29 is 33.5 Å². The summed E-state index contributed by atoms with van der Waals surface area (Å²) in [5.74, 6) is -2.10. The van der Waals surface area contributed by atoms with Gasteiger partial charge in [0.2, 0.25) is 12.5 Å². The zero-order chi connectivity index (χ0) is 25.7. The van der Waals surface area contributed by atoms with E-state index in [-0.39, 0.29) is 41.5 Å². The molecule has 188 valence electrons. The van der Waals surface area contributed by atoms with Crippen LogP contribution in [0.25, 0.3) is 0 Å². The summed E-state index contributed by atoms with van der Waals surface area (Å²) >= 11 is 1.04. The van der Waals surface area contributed by atoms with E-state index in [1.54, 1.807) is 41.5 Å². The highest BCUT2D eigenvalue weighted by atomic mass is 32.1. The molecule has 13 heteroatoms. The second kappa shape index (κ2) is 10.9. The predicted molar refractivity (Wildman–Crippen MR) is 124 cm³/mol. The minimum Gasteiger partial charge on any atom is -0.457 e. The molecule has 0 bridgehead atoms. The van der Waals surface area contributed by atoms with Gasteiger partial charge < -0.3 is 25.4 Å². The van der Waals surface area contributed by atoms with Crippen LogP contribution in [0, 0.1) is 5.92 Å². The lowest BCUT2D eigenvalue weighted by molar-refractivity contribution is -0.160. The fourth-order valence-electron chi connectivity index (χ4n) is 2.82. The van der Waals surface area contributed by atoms with Gasteiger partial charge in [-0.05, 0) is 41.5 Å². The van der Waals surface area contributed by atoms with E-state index in [0.29, 0.717) is 0 Å². The number of esters is 1. The van der Waals surface area contributed by atoms with Gasteiger partial charge in [-0.25, -0.2) is 14.6 Å². The summed E-state index contributed by atoms with van der Waals surface area (Å²) in [6.45, 7) is 9.92. The standard InChI is InChI=1S/C21H31N5O7S/c1-20(2,3)32-15(28)9-31-26-16(14(27)7-11-12(8-22)23-17(11)29)13-10-34-18(24-13)25-19(30)33-21(4,5)6/h10-12H,7-9,22H2,1-6H3,(H,23,29)(H,24,25,30)/b26-16-/t11-,12+/m0/s1. The SMILES string of the molecule is CC(C)(C)OC(=O)CO/N=C(\C(=O)C[C@@H]1C(=O)N[C@@H]1CN)c1csc(NC(=O)OC(C)(C)C)n1. The smallest absolute Gasteiger partial charge is 0.413 e. The number of oxime groups is 1. The van der Waals surface area contributed by atoms with Crippen LogP contribution in [0.1, 0.15) is 53.7 Å². The molecule has 2 heterocycles. The number of nitrogens with one attached hydrogen (secondary N) is 2. The molecule has 0 aliphatic carbocycles. The van der Waals surface area contributed by atoms with Crippen molar-refractivity contribution in [3.05, 3.63) is 11.1 Å². The highest BCUT2D eigenvalue weighted by Crippen LogP contribution is 2.22. The van der Waals surface area contributed by atoms with Gasteiger partial charge in [0.25, 0.3) is 0 Å². The second-order valence-electron chi connectivity index (χ2n) is 9.55. The molecule has 1 aliphatic heterocycles. The molecule has 2 atom stereocenters. The van der Waals surface area contributed by atoms with Gasteiger partial charge in [0.05, 0.1) is 12.0 Å². The third-order valence-electron chi connectivity index (χ3n) is 4.19. The van der Waals surface area contributed by atoms with E-state index in [1.807, 2.05) is 0 Å². The van der Waals surface area contributed by atoms with E-state index >= 15 is 0 Å². The first kappa shape index (κ1) is 27.2. The van der Waals surface area contributed by atoms with Gasteiger partial charge in [-0.3, -0.25) is 14.9 Å². The lowest BCUT2D eigenvalue weighted by Crippen LogP contribution is -2.61. The molecule has 0 radical (unpaired) electrons. The summed E-state index contributed by atoms with van der Waals surface area (Å²) in [5, 5.41) is 10.6. The van der Waals surface area contributed by atoms with E-state index in [2.05, 4.69) is 20.8 Å². The van der Waals surface area contributed by atoms with Crippen molar-refractivity contribution in [3.63, 3.8) is 0 Å². The van der Waals surface area contributed by atoms with Crippen LogP contribution in [-0.2, 0) is 28.7 Å². The van der Waals surface area contributed by atoms with Gasteiger partial charge in [0.15, 0.2) is 16.6 Å². The number of hydrogen-bond acceptors (Lipinski definition) is 11. The Morgan fingerprint density at radius 1 is 1.18 bits per heavy atom. The molecule has 1 aromatic heterocycles. The molecule has 0 aromatic carbocycles. The molecule has 1 saturated heterocycles. The van der Waals surface area contributed by atoms with Crippen LogP contribution in [0.5, 0.6) is 0 Å². The number of aromatic nitrogens is 1. The number of carbonyl (C=O) groups is 4. The van der Waals surface area contributed by atoms with E-state index < -0.39 is 41.6 Å². The van der Waals surface area contributed by atoms with E-state index in [0.717, 1.165) is 11.3 Å². The zero-order valence-corrected chi connectivity index (χ0v) is 20.9. The summed E-state index contributed by atoms with van der Waals surface area (Å²) in [6, 6.07) is -0.319. The van der Waals surface area contributed by atoms with Crippen molar-refractivity contribution in [2.24, 2.45) is 16.8 Å². The topological polar surface area (TPSA) is 171 Å². The first-order valence-corrected chi connectivity index (χ1v) is 11.5. The number of amides is 2. The van der Waals surface area contributed by atoms with Crippen LogP contribution in [0.15, 0.2) is 10.5 Å². The number of rotatable bonds is 9. The van der Waals surface area contributed by atoms with Crippen LogP contribution in [0.3, 0.4) is 0 Å². The first-order valence-electron chi connectivity index (χ1n) is 10.6. The predicted octanol–water partition coefficient (Wildman–Crippen LogP) is 1.59. The Morgan fingerprint density at radius 3 is 2.38 bits per heavy atom. The summed E-state index contributed by atoms with van der Waals surface area (Å²) in [5.41, 5.74) is 4.10. The van der Waals surface area contributed by atoms with Gasteiger partial charge in [-0.2, -0.15) is 0 Å². The minimum atomic E-state index is -0.714. The Kier molecular flexibility index (Phi) is 8.72. The maximum absolute atomic E-state index is 13.0. The quantitative estimate of drug-likeness (QED) is 0.198. The molecule has 1 aliphatic rings. The molecule has 12 nitrogen and oxygen atoms in total. The molecule has 2 amide bonds. The lowest BCUT2D eigenvalue weighted by atomic mass is 9.85. The lowest BCUT2D eigenvalue weighted by Gasteiger charge is -2.35. The third-order valence-corrected chi connectivity index (χ3v) is 4.94. The molecule has 4 N–H and O–H groups in total. The van der Waals surface area contributed by atoms with Gasteiger partial charge in [0, 0.05) is 18.3 Å². The molecule has 0 spiro atoms. The molecule has 0 saturated carbocycles. The number of carbonyl (C=O) groups excluding carboxylic acids is 4. The fraction of sp³-hybridized carbons (Fsp3) is 0.619. The van der Waals surface area contributed by atoms with Crippen LogP contribution in [0.2, 0.25) is 0 Å². The Hall–Kier alpha value is -3.06. The molecule has 34 heavy (non-hydrogen) atoms. The Labute approximate surface area is 201 Å². The molecule has 1 fully saturated rings. The van der Waals surface area contributed by atoms with Gasteiger partial charge in [-0.1, -0.05) is 5.16 Å². The summed E-state index contributed by atoms with van der Waals surface area (Å²) in [4.78, 5) is 58.0. The normalized spacial score (nSPS) is 18.4. The number of hydrogen-bond donors (Lipinski definition) is 3. The van der Waals surface area contributed by atoms with Crippen molar-refractivity contribution in [3.8, 4) is 0 Å². The second-order valence-corrected chi connectivity index (χ2v) is 10.4. The van der Waals surface area contributed by atoms with Crippen molar-refractivity contribution in [1.29, 1.82) is 0 Å². The van der Waals surface area contributed by atoms with Gasteiger partial charge in [0.1, 0.15) is 16.9 Å². The average molecular weight is 498 g/mol. The number of nitrogens with two attached hydrogens (primary N) is 1. The van der Waals surface area contributed by atoms with Gasteiger partial charge in [-0.15, -0.1) is 11.3 Å². The molecular weight excluding hydrogens is 466 g/mol. The van der Waals surface area contributed by atoms with Crippen molar-refractivity contribution in [2.75, 3.05) is 18.5 Å². The first-order chi connectivity index (χ1) is 15.7. The Bertz CT molecular complexity index is 961. The zero-order valence-electron chi connectivity index (χ0n) is 20.1. The van der Waals surface area contributed by atoms with E-state index in [9.17, 15) is 19.2 Å². The average Bonchev–Trinajstić information content (AvgIpc) is 3.12. The van der Waals surface area contributed by atoms with E-state index in [1.165, 1.54) is 5.38 Å². The number of anilines is 1.